The van der Waals surface area contributed by atoms with E-state index in [0.717, 1.165) is 24.9 Å². The third-order valence-corrected chi connectivity index (χ3v) is 3.82. The third kappa shape index (κ3) is 1.82. The first-order valence-corrected chi connectivity index (χ1v) is 6.40. The van der Waals surface area contributed by atoms with Crippen LogP contribution in [0.1, 0.15) is 24.4 Å². The number of fused-ring (bicyclic) bond motifs is 1. The number of imide groups is 1. The van der Waals surface area contributed by atoms with Crippen LogP contribution in [0, 0.1) is 0 Å². The molecule has 94 valence electrons. The second-order valence-corrected chi connectivity index (χ2v) is 5.14. The Balaban J connectivity index is 1.99. The minimum absolute atomic E-state index is 0.171. The molecule has 2 saturated heterocycles. The van der Waals surface area contributed by atoms with Crippen LogP contribution in [0.5, 0.6) is 0 Å². The highest BCUT2D eigenvalue weighted by atomic mass is 35.5. The van der Waals surface area contributed by atoms with Gasteiger partial charge in [0, 0.05) is 11.6 Å². The molecule has 2 aliphatic heterocycles. The predicted octanol–water partition coefficient (Wildman–Crippen LogP) is 1.50. The van der Waals surface area contributed by atoms with Crippen LogP contribution in [0.3, 0.4) is 0 Å². The molecule has 2 fully saturated rings. The summed E-state index contributed by atoms with van der Waals surface area (Å²) >= 11 is 5.97. The summed E-state index contributed by atoms with van der Waals surface area (Å²) in [5, 5.41) is 3.06. The van der Waals surface area contributed by atoms with Crippen LogP contribution >= 0.6 is 11.6 Å². The standard InChI is InChI=1S/C13H13ClN2O2/c14-9-4-1-3-8(7-9)11-13(18)15-12(17)10-5-2-6-16(10)11/h1,3-4,7,10-11H,2,5-6H2,(H,15,17,18)/t10-,11-/m0/s1. The van der Waals surface area contributed by atoms with E-state index >= 15 is 0 Å². The largest absolute Gasteiger partial charge is 0.293 e. The molecule has 0 unspecified atom stereocenters. The maximum absolute atomic E-state index is 12.0. The van der Waals surface area contributed by atoms with Crippen molar-refractivity contribution in [3.8, 4) is 0 Å². The van der Waals surface area contributed by atoms with Crippen LogP contribution in [0.25, 0.3) is 0 Å². The molecule has 0 aliphatic carbocycles. The number of piperazine rings is 1. The Bertz CT molecular complexity index is 517. The van der Waals surface area contributed by atoms with Crippen LogP contribution < -0.4 is 5.32 Å². The molecule has 1 aromatic carbocycles. The first kappa shape index (κ1) is 11.7. The monoisotopic (exact) mass is 264 g/mol. The maximum atomic E-state index is 12.0. The lowest BCUT2D eigenvalue weighted by Crippen LogP contribution is -2.56. The minimum Gasteiger partial charge on any atom is -0.293 e. The van der Waals surface area contributed by atoms with Crippen LogP contribution in [0.15, 0.2) is 24.3 Å². The van der Waals surface area contributed by atoms with Gasteiger partial charge in [-0.15, -0.1) is 0 Å². The molecule has 18 heavy (non-hydrogen) atoms. The van der Waals surface area contributed by atoms with Crippen molar-refractivity contribution in [3.63, 3.8) is 0 Å². The molecular weight excluding hydrogens is 252 g/mol. The van der Waals surface area contributed by atoms with Crippen LogP contribution in [0.4, 0.5) is 0 Å². The zero-order chi connectivity index (χ0) is 12.7. The van der Waals surface area contributed by atoms with Gasteiger partial charge in [0.2, 0.25) is 11.8 Å². The fraction of sp³-hybridized carbons (Fsp3) is 0.385. The summed E-state index contributed by atoms with van der Waals surface area (Å²) in [6.07, 6.45) is 1.76. The molecule has 2 amide bonds. The number of rotatable bonds is 1. The summed E-state index contributed by atoms with van der Waals surface area (Å²) in [4.78, 5) is 25.8. The van der Waals surface area contributed by atoms with Crippen molar-refractivity contribution >= 4 is 23.4 Å². The average molecular weight is 265 g/mol. The van der Waals surface area contributed by atoms with Crippen molar-refractivity contribution in [1.82, 2.24) is 10.2 Å². The van der Waals surface area contributed by atoms with E-state index in [2.05, 4.69) is 5.32 Å². The average Bonchev–Trinajstić information content (AvgIpc) is 2.78. The van der Waals surface area contributed by atoms with Gasteiger partial charge < -0.3 is 0 Å². The van der Waals surface area contributed by atoms with E-state index in [1.807, 2.05) is 17.0 Å². The smallest absolute Gasteiger partial charge is 0.248 e. The summed E-state index contributed by atoms with van der Waals surface area (Å²) < 4.78 is 0. The highest BCUT2D eigenvalue weighted by molar-refractivity contribution is 6.30. The van der Waals surface area contributed by atoms with Gasteiger partial charge in [0.05, 0.1) is 6.04 Å². The first-order chi connectivity index (χ1) is 8.66. The molecule has 1 aromatic rings. The summed E-state index contributed by atoms with van der Waals surface area (Å²) in [5.41, 5.74) is 0.847. The Hall–Kier alpha value is -1.39. The maximum Gasteiger partial charge on any atom is 0.248 e. The van der Waals surface area contributed by atoms with E-state index in [9.17, 15) is 9.59 Å². The Morgan fingerprint density at radius 3 is 2.89 bits per heavy atom. The zero-order valence-electron chi connectivity index (χ0n) is 9.73. The molecule has 2 atom stereocenters. The molecule has 0 radical (unpaired) electrons. The number of halogens is 1. The molecule has 0 saturated carbocycles. The summed E-state index contributed by atoms with van der Waals surface area (Å²) in [6.45, 7) is 0.779. The van der Waals surface area contributed by atoms with E-state index in [0.29, 0.717) is 5.02 Å². The van der Waals surface area contributed by atoms with Crippen LogP contribution in [-0.2, 0) is 9.59 Å². The first-order valence-electron chi connectivity index (χ1n) is 6.03. The number of nitrogens with one attached hydrogen (secondary N) is 1. The van der Waals surface area contributed by atoms with Crippen molar-refractivity contribution < 1.29 is 9.59 Å². The second-order valence-electron chi connectivity index (χ2n) is 4.71. The molecule has 2 heterocycles. The topological polar surface area (TPSA) is 49.4 Å². The van der Waals surface area contributed by atoms with E-state index in [1.165, 1.54) is 0 Å². The van der Waals surface area contributed by atoms with E-state index < -0.39 is 6.04 Å². The van der Waals surface area contributed by atoms with Crippen molar-refractivity contribution in [2.24, 2.45) is 0 Å². The predicted molar refractivity (Wildman–Crippen MR) is 67.1 cm³/mol. The van der Waals surface area contributed by atoms with Crippen molar-refractivity contribution in [2.45, 2.75) is 24.9 Å². The lowest BCUT2D eigenvalue weighted by atomic mass is 10.00. The third-order valence-electron chi connectivity index (χ3n) is 3.59. The number of nitrogens with zero attached hydrogens (tertiary/aromatic N) is 1. The molecule has 2 aliphatic rings. The van der Waals surface area contributed by atoms with Gasteiger partial charge in [-0.2, -0.15) is 0 Å². The van der Waals surface area contributed by atoms with E-state index in [-0.39, 0.29) is 17.9 Å². The molecule has 5 heteroatoms. The van der Waals surface area contributed by atoms with E-state index in [4.69, 9.17) is 11.6 Å². The summed E-state index contributed by atoms with van der Waals surface area (Å²) in [5.74, 6) is -0.420. The van der Waals surface area contributed by atoms with Gasteiger partial charge in [-0.25, -0.2) is 0 Å². The zero-order valence-corrected chi connectivity index (χ0v) is 10.5. The molecular formula is C13H13ClN2O2. The Morgan fingerprint density at radius 2 is 2.11 bits per heavy atom. The van der Waals surface area contributed by atoms with Crippen molar-refractivity contribution in [2.75, 3.05) is 6.54 Å². The van der Waals surface area contributed by atoms with Gasteiger partial charge in [0.25, 0.3) is 0 Å². The lowest BCUT2D eigenvalue weighted by Gasteiger charge is -2.35. The number of hydrogen-bond acceptors (Lipinski definition) is 3. The fourth-order valence-electron chi connectivity index (χ4n) is 2.82. The molecule has 1 N–H and O–H groups in total. The molecule has 4 nitrogen and oxygen atoms in total. The Labute approximate surface area is 110 Å². The fourth-order valence-corrected chi connectivity index (χ4v) is 3.02. The van der Waals surface area contributed by atoms with Gasteiger partial charge in [-0.3, -0.25) is 19.8 Å². The number of carbonyl (C=O) groups is 2. The number of amides is 2. The van der Waals surface area contributed by atoms with Crippen LogP contribution in [0.2, 0.25) is 5.02 Å². The van der Waals surface area contributed by atoms with Crippen molar-refractivity contribution in [3.05, 3.63) is 34.9 Å². The Kier molecular flexibility index (Phi) is 2.84. The van der Waals surface area contributed by atoms with E-state index in [1.54, 1.807) is 12.1 Å². The van der Waals surface area contributed by atoms with Gasteiger partial charge >= 0.3 is 0 Å². The normalized spacial score (nSPS) is 28.1. The van der Waals surface area contributed by atoms with Gasteiger partial charge in [-0.1, -0.05) is 23.7 Å². The lowest BCUT2D eigenvalue weighted by molar-refractivity contribution is -0.143. The second kappa shape index (κ2) is 4.37. The quantitative estimate of drug-likeness (QED) is 0.782. The molecule has 0 spiro atoms. The molecule has 3 rings (SSSR count). The van der Waals surface area contributed by atoms with Gasteiger partial charge in [0.1, 0.15) is 6.04 Å². The summed E-state index contributed by atoms with van der Waals surface area (Å²) in [7, 11) is 0. The van der Waals surface area contributed by atoms with Gasteiger partial charge in [-0.05, 0) is 30.5 Å². The molecule has 0 aromatic heterocycles. The summed E-state index contributed by atoms with van der Waals surface area (Å²) in [6, 6.07) is 6.70. The highest BCUT2D eigenvalue weighted by Gasteiger charge is 2.44. The number of carbonyl (C=O) groups excluding carboxylic acids is 2. The van der Waals surface area contributed by atoms with Gasteiger partial charge in [0.15, 0.2) is 0 Å². The van der Waals surface area contributed by atoms with Crippen molar-refractivity contribution in [1.29, 1.82) is 0 Å². The minimum atomic E-state index is -0.395. The Morgan fingerprint density at radius 1 is 1.28 bits per heavy atom. The highest BCUT2D eigenvalue weighted by Crippen LogP contribution is 2.33. The number of hydrogen-bond donors (Lipinski definition) is 1. The van der Waals surface area contributed by atoms with Crippen LogP contribution in [-0.4, -0.2) is 29.3 Å². The SMILES string of the molecule is O=C1NC(=O)[C@@H]2CCCN2[C@H]1c1cccc(Cl)c1. The number of benzene rings is 1. The molecule has 0 bridgehead atoms.